The van der Waals surface area contributed by atoms with Crippen molar-refractivity contribution in [2.24, 2.45) is 5.92 Å². The van der Waals surface area contributed by atoms with E-state index in [2.05, 4.69) is 40.5 Å². The van der Waals surface area contributed by atoms with Gasteiger partial charge in [0.25, 0.3) is 0 Å². The minimum Gasteiger partial charge on any atom is -0.380 e. The average Bonchev–Trinajstić information content (AvgIpc) is 3.22. The molecule has 0 amide bonds. The first-order valence-corrected chi connectivity index (χ1v) is 8.03. The topological polar surface area (TPSA) is 24.5 Å². The van der Waals surface area contributed by atoms with Crippen LogP contribution in [0.1, 0.15) is 30.9 Å². The summed E-state index contributed by atoms with van der Waals surface area (Å²) in [5.74, 6) is 0.930. The predicted octanol–water partition coefficient (Wildman–Crippen LogP) is 2.20. The number of nitrogens with one attached hydrogen (secondary N) is 1. The smallest absolute Gasteiger partial charge is 0.0622 e. The highest BCUT2D eigenvalue weighted by Crippen LogP contribution is 2.39. The monoisotopic (exact) mass is 272 g/mol. The van der Waals surface area contributed by atoms with Gasteiger partial charge in [0.1, 0.15) is 0 Å². The van der Waals surface area contributed by atoms with Crippen molar-refractivity contribution in [3.05, 3.63) is 35.9 Å². The van der Waals surface area contributed by atoms with Crippen LogP contribution in [0.2, 0.25) is 0 Å². The van der Waals surface area contributed by atoms with Crippen molar-refractivity contribution < 1.29 is 4.74 Å². The van der Waals surface area contributed by atoms with Gasteiger partial charge in [-0.05, 0) is 30.7 Å². The summed E-state index contributed by atoms with van der Waals surface area (Å²) in [6.07, 6.45) is 4.06. The zero-order chi connectivity index (χ0) is 13.4. The summed E-state index contributed by atoms with van der Waals surface area (Å²) in [5.41, 5.74) is 1.42. The fourth-order valence-corrected chi connectivity index (χ4v) is 3.82. The molecule has 0 aromatic heterocycles. The molecule has 3 heteroatoms. The van der Waals surface area contributed by atoms with E-state index in [0.717, 1.165) is 38.3 Å². The third-order valence-corrected chi connectivity index (χ3v) is 5.14. The molecule has 3 aliphatic rings. The Hall–Kier alpha value is -0.900. The Kier molecular flexibility index (Phi) is 3.51. The molecule has 3 atom stereocenters. The Morgan fingerprint density at radius 3 is 2.65 bits per heavy atom. The average molecular weight is 272 g/mol. The number of nitrogens with zero attached hydrogens (tertiary/aromatic N) is 1. The normalized spacial score (nSPS) is 35.3. The van der Waals surface area contributed by atoms with E-state index in [-0.39, 0.29) is 0 Å². The predicted molar refractivity (Wildman–Crippen MR) is 79.6 cm³/mol. The van der Waals surface area contributed by atoms with E-state index >= 15 is 0 Å². The molecular weight excluding hydrogens is 248 g/mol. The second-order valence-electron chi connectivity index (χ2n) is 6.49. The summed E-state index contributed by atoms with van der Waals surface area (Å²) < 4.78 is 5.64. The highest BCUT2D eigenvalue weighted by atomic mass is 16.5. The van der Waals surface area contributed by atoms with Gasteiger partial charge < -0.3 is 10.1 Å². The Labute approximate surface area is 121 Å². The van der Waals surface area contributed by atoms with E-state index in [9.17, 15) is 0 Å². The maximum Gasteiger partial charge on any atom is 0.0622 e. The molecule has 4 rings (SSSR count). The third kappa shape index (κ3) is 2.50. The number of hydrogen-bond donors (Lipinski definition) is 1. The summed E-state index contributed by atoms with van der Waals surface area (Å²) >= 11 is 0. The first kappa shape index (κ1) is 12.8. The largest absolute Gasteiger partial charge is 0.380 e. The molecule has 20 heavy (non-hydrogen) atoms. The van der Waals surface area contributed by atoms with Crippen molar-refractivity contribution >= 4 is 0 Å². The van der Waals surface area contributed by atoms with Gasteiger partial charge in [0.15, 0.2) is 0 Å². The molecule has 2 aliphatic heterocycles. The van der Waals surface area contributed by atoms with Crippen LogP contribution in [-0.4, -0.2) is 43.3 Å². The number of hydrogen-bond acceptors (Lipinski definition) is 3. The van der Waals surface area contributed by atoms with Gasteiger partial charge in [-0.1, -0.05) is 30.3 Å². The van der Waals surface area contributed by atoms with Gasteiger partial charge in [-0.3, -0.25) is 4.90 Å². The van der Waals surface area contributed by atoms with Gasteiger partial charge >= 0.3 is 0 Å². The molecule has 1 N–H and O–H groups in total. The summed E-state index contributed by atoms with van der Waals surface area (Å²) in [5, 5.41) is 3.78. The van der Waals surface area contributed by atoms with Crippen molar-refractivity contribution in [2.75, 3.05) is 26.3 Å². The molecule has 0 bridgehead atoms. The number of ether oxygens (including phenoxy) is 1. The fourth-order valence-electron chi connectivity index (χ4n) is 3.82. The van der Waals surface area contributed by atoms with Gasteiger partial charge in [0, 0.05) is 37.8 Å². The lowest BCUT2D eigenvalue weighted by Gasteiger charge is -2.43. The summed E-state index contributed by atoms with van der Waals surface area (Å²) in [7, 11) is 0. The molecule has 0 radical (unpaired) electrons. The highest BCUT2D eigenvalue weighted by Gasteiger charge is 2.42. The SMILES string of the molecule is c1ccc(C2CN(C3CCOC3)C(C3CC3)CN2)cc1. The van der Waals surface area contributed by atoms with Crippen molar-refractivity contribution in [2.45, 2.75) is 37.4 Å². The van der Waals surface area contributed by atoms with Crippen LogP contribution in [0.4, 0.5) is 0 Å². The van der Waals surface area contributed by atoms with E-state index in [0.29, 0.717) is 12.1 Å². The van der Waals surface area contributed by atoms with Crippen LogP contribution in [0.15, 0.2) is 30.3 Å². The Morgan fingerprint density at radius 1 is 1.10 bits per heavy atom. The van der Waals surface area contributed by atoms with Gasteiger partial charge in [-0.15, -0.1) is 0 Å². The number of piperazine rings is 1. The second-order valence-corrected chi connectivity index (χ2v) is 6.49. The van der Waals surface area contributed by atoms with Crippen LogP contribution in [-0.2, 0) is 4.74 Å². The quantitative estimate of drug-likeness (QED) is 0.913. The van der Waals surface area contributed by atoms with E-state index in [1.54, 1.807) is 0 Å². The molecule has 0 spiro atoms. The number of rotatable bonds is 3. The minimum atomic E-state index is 0.479. The molecule has 3 fully saturated rings. The van der Waals surface area contributed by atoms with E-state index in [1.807, 2.05) is 0 Å². The van der Waals surface area contributed by atoms with Crippen molar-refractivity contribution in [1.29, 1.82) is 0 Å². The van der Waals surface area contributed by atoms with E-state index < -0.39 is 0 Å². The van der Waals surface area contributed by atoms with E-state index in [4.69, 9.17) is 4.74 Å². The minimum absolute atomic E-state index is 0.479. The van der Waals surface area contributed by atoms with Gasteiger partial charge in [0.05, 0.1) is 6.61 Å². The first-order chi connectivity index (χ1) is 9.92. The molecule has 1 aliphatic carbocycles. The maximum absolute atomic E-state index is 5.64. The fraction of sp³-hybridized carbons (Fsp3) is 0.647. The molecule has 1 aromatic rings. The molecule has 1 aromatic carbocycles. The lowest BCUT2D eigenvalue weighted by molar-refractivity contribution is 0.0592. The van der Waals surface area contributed by atoms with Crippen LogP contribution in [0.5, 0.6) is 0 Å². The first-order valence-electron chi connectivity index (χ1n) is 8.03. The summed E-state index contributed by atoms with van der Waals surface area (Å²) in [6.45, 7) is 4.16. The molecule has 3 nitrogen and oxygen atoms in total. The van der Waals surface area contributed by atoms with Crippen LogP contribution in [0.25, 0.3) is 0 Å². The maximum atomic E-state index is 5.64. The Bertz CT molecular complexity index is 440. The van der Waals surface area contributed by atoms with Crippen LogP contribution in [0.3, 0.4) is 0 Å². The molecule has 2 heterocycles. The lowest BCUT2D eigenvalue weighted by Crippen LogP contribution is -2.57. The lowest BCUT2D eigenvalue weighted by atomic mass is 9.97. The number of benzene rings is 1. The van der Waals surface area contributed by atoms with Crippen LogP contribution in [0, 0.1) is 5.92 Å². The summed E-state index contributed by atoms with van der Waals surface area (Å²) in [4.78, 5) is 2.76. The molecule has 108 valence electrons. The second kappa shape index (κ2) is 5.47. The molecule has 1 saturated carbocycles. The van der Waals surface area contributed by atoms with Gasteiger partial charge in [-0.25, -0.2) is 0 Å². The van der Waals surface area contributed by atoms with Crippen LogP contribution < -0.4 is 5.32 Å². The standard InChI is InChI=1S/C17H24N2O/c1-2-4-13(5-3-1)16-11-19(15-8-9-20-12-15)17(10-18-16)14-6-7-14/h1-5,14-18H,6-12H2. The van der Waals surface area contributed by atoms with Gasteiger partial charge in [-0.2, -0.15) is 0 Å². The zero-order valence-corrected chi connectivity index (χ0v) is 12.0. The van der Waals surface area contributed by atoms with Crippen molar-refractivity contribution in [1.82, 2.24) is 10.2 Å². The molecular formula is C17H24N2O. The van der Waals surface area contributed by atoms with Crippen molar-refractivity contribution in [3.63, 3.8) is 0 Å². The van der Waals surface area contributed by atoms with Gasteiger partial charge in [0.2, 0.25) is 0 Å². The Balaban J connectivity index is 1.52. The molecule has 2 saturated heterocycles. The third-order valence-electron chi connectivity index (χ3n) is 5.14. The van der Waals surface area contributed by atoms with Crippen LogP contribution >= 0.6 is 0 Å². The van der Waals surface area contributed by atoms with E-state index in [1.165, 1.54) is 24.8 Å². The highest BCUT2D eigenvalue weighted by molar-refractivity contribution is 5.20. The van der Waals surface area contributed by atoms with Crippen molar-refractivity contribution in [3.8, 4) is 0 Å². The zero-order valence-electron chi connectivity index (χ0n) is 12.0. The molecule has 3 unspecified atom stereocenters. The Morgan fingerprint density at radius 2 is 1.95 bits per heavy atom. The summed E-state index contributed by atoms with van der Waals surface area (Å²) in [6, 6.07) is 12.8.